The van der Waals surface area contributed by atoms with Crippen LogP contribution in [-0.2, 0) is 25.7 Å². The van der Waals surface area contributed by atoms with Gasteiger partial charge in [-0.3, -0.25) is 0 Å². The molecule has 0 atom stereocenters. The fourth-order valence-electron chi connectivity index (χ4n) is 3.28. The van der Waals surface area contributed by atoms with E-state index in [-0.39, 0.29) is 0 Å². The summed E-state index contributed by atoms with van der Waals surface area (Å²) in [5.74, 6) is 1.38. The SMILES string of the molecule is CCc1cc([C]2[CH][CH][CH][CH]2)c(CC)c(CC)c1CC. The highest BCUT2D eigenvalue weighted by atomic mass is 14.3. The molecule has 0 saturated heterocycles. The van der Waals surface area contributed by atoms with E-state index in [4.69, 9.17) is 0 Å². The first-order valence-corrected chi connectivity index (χ1v) is 7.65. The van der Waals surface area contributed by atoms with Gasteiger partial charge in [-0.2, -0.15) is 0 Å². The van der Waals surface area contributed by atoms with Crippen molar-refractivity contribution in [2.24, 2.45) is 0 Å². The summed E-state index contributed by atoms with van der Waals surface area (Å²) in [4.78, 5) is 0. The lowest BCUT2D eigenvalue weighted by atomic mass is 9.82. The summed E-state index contributed by atoms with van der Waals surface area (Å²) in [7, 11) is 0. The molecular weight excluding hydrogens is 228 g/mol. The van der Waals surface area contributed by atoms with Crippen LogP contribution in [0.4, 0.5) is 0 Å². The Morgan fingerprint density at radius 1 is 0.684 bits per heavy atom. The molecular formula is C19H25. The van der Waals surface area contributed by atoms with Crippen molar-refractivity contribution in [3.63, 3.8) is 0 Å². The fraction of sp³-hybridized carbons (Fsp3) is 0.421. The van der Waals surface area contributed by atoms with Gasteiger partial charge in [0, 0.05) is 5.92 Å². The molecule has 1 aromatic carbocycles. The van der Waals surface area contributed by atoms with Crippen LogP contribution in [0.15, 0.2) is 6.07 Å². The van der Waals surface area contributed by atoms with Gasteiger partial charge < -0.3 is 0 Å². The van der Waals surface area contributed by atoms with Gasteiger partial charge in [-0.1, -0.05) is 33.8 Å². The Morgan fingerprint density at radius 2 is 1.26 bits per heavy atom. The van der Waals surface area contributed by atoms with E-state index in [2.05, 4.69) is 59.4 Å². The molecule has 5 radical (unpaired) electrons. The average molecular weight is 253 g/mol. The van der Waals surface area contributed by atoms with Crippen molar-refractivity contribution < 1.29 is 0 Å². The summed E-state index contributed by atoms with van der Waals surface area (Å²) < 4.78 is 0. The number of rotatable bonds is 5. The molecule has 1 aromatic rings. The Balaban J connectivity index is 2.58. The van der Waals surface area contributed by atoms with Crippen LogP contribution in [0, 0.1) is 31.6 Å². The third-order valence-corrected chi connectivity index (χ3v) is 4.18. The smallest absolute Gasteiger partial charge is 0.0127 e. The van der Waals surface area contributed by atoms with E-state index in [9.17, 15) is 0 Å². The van der Waals surface area contributed by atoms with E-state index in [1.54, 1.807) is 16.7 Å². The van der Waals surface area contributed by atoms with E-state index >= 15 is 0 Å². The highest BCUT2D eigenvalue weighted by Gasteiger charge is 2.24. The Kier molecular flexibility index (Phi) is 5.07. The first kappa shape index (κ1) is 14.6. The third kappa shape index (κ3) is 2.73. The highest BCUT2D eigenvalue weighted by molar-refractivity contribution is 5.58. The maximum atomic E-state index is 2.44. The molecule has 2 rings (SSSR count). The fourth-order valence-corrected chi connectivity index (χ4v) is 3.28. The minimum atomic E-state index is 1.13. The summed E-state index contributed by atoms with van der Waals surface area (Å²) in [5, 5.41) is 0. The summed E-state index contributed by atoms with van der Waals surface area (Å²) in [6.45, 7) is 9.14. The van der Waals surface area contributed by atoms with Gasteiger partial charge in [0.05, 0.1) is 0 Å². The van der Waals surface area contributed by atoms with E-state index in [0.29, 0.717) is 0 Å². The molecule has 0 amide bonds. The Hall–Kier alpha value is -0.780. The zero-order chi connectivity index (χ0) is 13.8. The number of hydrogen-bond donors (Lipinski definition) is 0. The molecule has 0 aliphatic heterocycles. The van der Waals surface area contributed by atoms with Crippen molar-refractivity contribution in [2.45, 2.75) is 53.4 Å². The standard InChI is InChI=1S/C19H25/c1-5-14-13-19(15-11-9-10-12-15)18(8-4)17(7-3)16(14)6-2/h9-13H,5-8H2,1-4H3. The van der Waals surface area contributed by atoms with E-state index < -0.39 is 0 Å². The van der Waals surface area contributed by atoms with Crippen molar-refractivity contribution in [3.05, 3.63) is 65.5 Å². The third-order valence-electron chi connectivity index (χ3n) is 4.18. The minimum absolute atomic E-state index is 1.13. The van der Waals surface area contributed by atoms with Crippen molar-refractivity contribution in [1.82, 2.24) is 0 Å². The summed E-state index contributed by atoms with van der Waals surface area (Å²) >= 11 is 0. The van der Waals surface area contributed by atoms with Crippen molar-refractivity contribution in [3.8, 4) is 0 Å². The second kappa shape index (κ2) is 6.59. The minimum Gasteiger partial charge on any atom is -0.0613 e. The topological polar surface area (TPSA) is 0 Å². The lowest BCUT2D eigenvalue weighted by Gasteiger charge is -2.23. The van der Waals surface area contributed by atoms with Crippen LogP contribution in [0.3, 0.4) is 0 Å². The summed E-state index contributed by atoms with van der Waals surface area (Å²) in [6, 6.07) is 2.44. The lowest BCUT2D eigenvalue weighted by Crippen LogP contribution is -2.10. The predicted octanol–water partition coefficient (Wildman–Crippen LogP) is 4.69. The van der Waals surface area contributed by atoms with Crippen LogP contribution in [0.1, 0.15) is 55.5 Å². The molecule has 0 nitrogen and oxygen atoms in total. The van der Waals surface area contributed by atoms with Crippen LogP contribution in [0.5, 0.6) is 0 Å². The number of hydrogen-bond acceptors (Lipinski definition) is 0. The number of aryl methyl sites for hydroxylation is 1. The van der Waals surface area contributed by atoms with Gasteiger partial charge in [0.2, 0.25) is 0 Å². The molecule has 0 heterocycles. The molecule has 1 aliphatic rings. The normalized spacial score (nSPS) is 16.2. The maximum Gasteiger partial charge on any atom is 0.0127 e. The largest absolute Gasteiger partial charge is 0.0613 e. The maximum absolute atomic E-state index is 2.44. The van der Waals surface area contributed by atoms with Crippen molar-refractivity contribution in [1.29, 1.82) is 0 Å². The first-order chi connectivity index (χ1) is 9.26. The molecule has 0 bridgehead atoms. The zero-order valence-electron chi connectivity index (χ0n) is 12.7. The molecule has 0 heteroatoms. The molecule has 1 aliphatic carbocycles. The van der Waals surface area contributed by atoms with Crippen molar-refractivity contribution >= 4 is 0 Å². The molecule has 1 fully saturated rings. The van der Waals surface area contributed by atoms with Crippen LogP contribution < -0.4 is 0 Å². The monoisotopic (exact) mass is 253 g/mol. The average Bonchev–Trinajstić information content (AvgIpc) is 2.98. The van der Waals surface area contributed by atoms with Gasteiger partial charge >= 0.3 is 0 Å². The molecule has 1 saturated carbocycles. The zero-order valence-corrected chi connectivity index (χ0v) is 12.7. The van der Waals surface area contributed by atoms with E-state index in [1.807, 2.05) is 0 Å². The molecule has 0 unspecified atom stereocenters. The van der Waals surface area contributed by atoms with E-state index in [1.165, 1.54) is 17.0 Å². The second-order valence-electron chi connectivity index (χ2n) is 5.11. The van der Waals surface area contributed by atoms with Crippen LogP contribution >= 0.6 is 0 Å². The molecule has 0 spiro atoms. The van der Waals surface area contributed by atoms with Gasteiger partial charge in [0.25, 0.3) is 0 Å². The van der Waals surface area contributed by atoms with Crippen LogP contribution in [0.2, 0.25) is 0 Å². The van der Waals surface area contributed by atoms with Gasteiger partial charge in [-0.05, 0) is 79.2 Å². The summed E-state index contributed by atoms with van der Waals surface area (Å²) in [5.41, 5.74) is 7.74. The lowest BCUT2D eigenvalue weighted by molar-refractivity contribution is 0.929. The van der Waals surface area contributed by atoms with Gasteiger partial charge in [-0.25, -0.2) is 0 Å². The Morgan fingerprint density at radius 3 is 1.74 bits per heavy atom. The molecule has 101 valence electrons. The van der Waals surface area contributed by atoms with Gasteiger partial charge in [0.15, 0.2) is 0 Å². The predicted molar refractivity (Wildman–Crippen MR) is 83.5 cm³/mol. The second-order valence-corrected chi connectivity index (χ2v) is 5.11. The molecule has 0 N–H and O–H groups in total. The van der Waals surface area contributed by atoms with Crippen LogP contribution in [0.25, 0.3) is 0 Å². The molecule has 0 aromatic heterocycles. The molecule has 19 heavy (non-hydrogen) atoms. The Bertz CT molecular complexity index is 422. The Labute approximate surface area is 119 Å². The van der Waals surface area contributed by atoms with Crippen molar-refractivity contribution in [2.75, 3.05) is 0 Å². The first-order valence-electron chi connectivity index (χ1n) is 7.65. The van der Waals surface area contributed by atoms with Gasteiger partial charge in [-0.15, -0.1) is 0 Å². The van der Waals surface area contributed by atoms with E-state index in [0.717, 1.165) is 25.7 Å². The van der Waals surface area contributed by atoms with Gasteiger partial charge in [0.1, 0.15) is 0 Å². The number of benzene rings is 1. The highest BCUT2D eigenvalue weighted by Crippen LogP contribution is 2.36. The summed E-state index contributed by atoms with van der Waals surface area (Å²) in [6.07, 6.45) is 13.3. The van der Waals surface area contributed by atoms with Crippen LogP contribution in [-0.4, -0.2) is 0 Å². The quantitative estimate of drug-likeness (QED) is 0.714.